The minimum atomic E-state index is -0.0296. The second kappa shape index (κ2) is 4.87. The topological polar surface area (TPSA) is 58.4 Å². The van der Waals surface area contributed by atoms with Crippen molar-refractivity contribution >= 4 is 5.91 Å². The minimum Gasteiger partial charge on any atom is -0.394 e. The van der Waals surface area contributed by atoms with Crippen molar-refractivity contribution in [1.82, 2.24) is 14.7 Å². The second-order valence-corrected chi connectivity index (χ2v) is 4.73. The van der Waals surface area contributed by atoms with Crippen LogP contribution in [-0.2, 0) is 0 Å². The van der Waals surface area contributed by atoms with E-state index in [9.17, 15) is 9.90 Å². The van der Waals surface area contributed by atoms with Crippen LogP contribution in [0.5, 0.6) is 0 Å². The van der Waals surface area contributed by atoms with Crippen LogP contribution < -0.4 is 0 Å². The Labute approximate surface area is 101 Å². The van der Waals surface area contributed by atoms with Gasteiger partial charge in [0.1, 0.15) is 5.69 Å². The van der Waals surface area contributed by atoms with Crippen LogP contribution in [0.4, 0.5) is 0 Å². The summed E-state index contributed by atoms with van der Waals surface area (Å²) >= 11 is 0. The number of rotatable bonds is 3. The van der Waals surface area contributed by atoms with Crippen LogP contribution in [0, 0.1) is 0 Å². The van der Waals surface area contributed by atoms with Crippen LogP contribution in [0.2, 0.25) is 0 Å². The molecule has 2 rings (SSSR count). The number of carbonyl (C=O) groups excluding carboxylic acids is 1. The molecule has 1 saturated heterocycles. The van der Waals surface area contributed by atoms with Crippen molar-refractivity contribution in [3.63, 3.8) is 0 Å². The molecule has 0 spiro atoms. The molecule has 1 aliphatic heterocycles. The van der Waals surface area contributed by atoms with E-state index in [1.807, 2.05) is 13.8 Å². The van der Waals surface area contributed by atoms with Crippen molar-refractivity contribution in [3.8, 4) is 0 Å². The molecule has 2 heterocycles. The molecule has 1 fully saturated rings. The summed E-state index contributed by atoms with van der Waals surface area (Å²) in [6, 6.07) is 1.88. The van der Waals surface area contributed by atoms with Gasteiger partial charge in [0.2, 0.25) is 0 Å². The lowest BCUT2D eigenvalue weighted by atomic mass is 10.2. The molecule has 5 heteroatoms. The summed E-state index contributed by atoms with van der Waals surface area (Å²) in [6.45, 7) is 4.77. The van der Waals surface area contributed by atoms with E-state index in [0.717, 1.165) is 19.4 Å². The average Bonchev–Trinajstić information content (AvgIpc) is 2.96. The monoisotopic (exact) mass is 237 g/mol. The molecule has 17 heavy (non-hydrogen) atoms. The van der Waals surface area contributed by atoms with Gasteiger partial charge in [-0.1, -0.05) is 0 Å². The first-order chi connectivity index (χ1) is 8.15. The fourth-order valence-corrected chi connectivity index (χ4v) is 2.34. The Bertz CT molecular complexity index is 400. The summed E-state index contributed by atoms with van der Waals surface area (Å²) in [5.74, 6) is -0.0206. The van der Waals surface area contributed by atoms with E-state index in [4.69, 9.17) is 0 Å². The van der Waals surface area contributed by atoms with Gasteiger partial charge in [-0.2, -0.15) is 5.10 Å². The molecule has 1 aliphatic rings. The highest BCUT2D eigenvalue weighted by atomic mass is 16.3. The summed E-state index contributed by atoms with van der Waals surface area (Å²) in [5.41, 5.74) is 0.611. The van der Waals surface area contributed by atoms with Gasteiger partial charge >= 0.3 is 0 Å². The van der Waals surface area contributed by atoms with Gasteiger partial charge in [0, 0.05) is 18.8 Å². The highest BCUT2D eigenvalue weighted by Gasteiger charge is 2.30. The lowest BCUT2D eigenvalue weighted by Gasteiger charge is -2.23. The summed E-state index contributed by atoms with van der Waals surface area (Å²) in [7, 11) is 0. The van der Waals surface area contributed by atoms with Crippen LogP contribution in [-0.4, -0.2) is 44.9 Å². The number of hydrogen-bond acceptors (Lipinski definition) is 3. The first-order valence-corrected chi connectivity index (χ1v) is 6.10. The first kappa shape index (κ1) is 12.1. The standard InChI is InChI=1S/C12H19N3O2/c1-9(2)15-11(5-6-13-15)12(17)14-7-3-4-10(14)8-16/h5-6,9-10,16H,3-4,7-8H2,1-2H3. The second-order valence-electron chi connectivity index (χ2n) is 4.73. The maximum atomic E-state index is 12.4. The Morgan fingerprint density at radius 1 is 1.65 bits per heavy atom. The number of amides is 1. The third-order valence-corrected chi connectivity index (χ3v) is 3.23. The number of aliphatic hydroxyl groups excluding tert-OH is 1. The number of likely N-dealkylation sites (tertiary alicyclic amines) is 1. The molecule has 1 N–H and O–H groups in total. The molecule has 1 unspecified atom stereocenters. The molecule has 94 valence electrons. The van der Waals surface area contributed by atoms with E-state index in [2.05, 4.69) is 5.10 Å². The van der Waals surface area contributed by atoms with Gasteiger partial charge in [-0.05, 0) is 32.8 Å². The largest absolute Gasteiger partial charge is 0.394 e. The van der Waals surface area contributed by atoms with Crippen LogP contribution in [0.3, 0.4) is 0 Å². The fourth-order valence-electron chi connectivity index (χ4n) is 2.34. The molecule has 0 radical (unpaired) electrons. The molecule has 1 aromatic rings. The zero-order valence-electron chi connectivity index (χ0n) is 10.3. The van der Waals surface area contributed by atoms with Crippen molar-refractivity contribution in [2.75, 3.05) is 13.2 Å². The Kier molecular flexibility index (Phi) is 3.47. The summed E-state index contributed by atoms with van der Waals surface area (Å²) in [5, 5.41) is 13.4. The zero-order chi connectivity index (χ0) is 12.4. The molecule has 1 amide bonds. The number of aliphatic hydroxyl groups is 1. The predicted molar refractivity (Wildman–Crippen MR) is 63.8 cm³/mol. The van der Waals surface area contributed by atoms with Crippen molar-refractivity contribution in [2.45, 2.75) is 38.8 Å². The van der Waals surface area contributed by atoms with Gasteiger partial charge in [0.05, 0.1) is 12.6 Å². The maximum Gasteiger partial charge on any atom is 0.272 e. The van der Waals surface area contributed by atoms with Crippen molar-refractivity contribution in [2.24, 2.45) is 0 Å². The van der Waals surface area contributed by atoms with E-state index < -0.39 is 0 Å². The first-order valence-electron chi connectivity index (χ1n) is 6.10. The van der Waals surface area contributed by atoms with E-state index in [0.29, 0.717) is 5.69 Å². The number of hydrogen-bond donors (Lipinski definition) is 1. The van der Waals surface area contributed by atoms with E-state index in [1.54, 1.807) is 21.8 Å². The Balaban J connectivity index is 2.22. The lowest BCUT2D eigenvalue weighted by molar-refractivity contribution is 0.0663. The molecular formula is C12H19N3O2. The van der Waals surface area contributed by atoms with Crippen LogP contribution in [0.1, 0.15) is 43.2 Å². The van der Waals surface area contributed by atoms with Crippen molar-refractivity contribution in [1.29, 1.82) is 0 Å². The molecule has 0 bridgehead atoms. The number of carbonyl (C=O) groups is 1. The van der Waals surface area contributed by atoms with Crippen LogP contribution in [0.25, 0.3) is 0 Å². The minimum absolute atomic E-state index is 0.0206. The van der Waals surface area contributed by atoms with Gasteiger partial charge < -0.3 is 10.0 Å². The Morgan fingerprint density at radius 3 is 3.06 bits per heavy atom. The predicted octanol–water partition coefficient (Wildman–Crippen LogP) is 1.06. The summed E-state index contributed by atoms with van der Waals surface area (Å²) in [6.07, 6.45) is 3.50. The molecule has 0 aliphatic carbocycles. The third kappa shape index (κ3) is 2.20. The van der Waals surface area contributed by atoms with E-state index >= 15 is 0 Å². The van der Waals surface area contributed by atoms with E-state index in [1.165, 1.54) is 0 Å². The van der Waals surface area contributed by atoms with Crippen LogP contribution >= 0.6 is 0 Å². The van der Waals surface area contributed by atoms with Gasteiger partial charge in [0.25, 0.3) is 5.91 Å². The van der Waals surface area contributed by atoms with Crippen molar-refractivity contribution in [3.05, 3.63) is 18.0 Å². The van der Waals surface area contributed by atoms with E-state index in [-0.39, 0.29) is 24.6 Å². The van der Waals surface area contributed by atoms with Gasteiger partial charge in [-0.3, -0.25) is 9.48 Å². The molecule has 1 aromatic heterocycles. The smallest absolute Gasteiger partial charge is 0.272 e. The van der Waals surface area contributed by atoms with Gasteiger partial charge in [-0.25, -0.2) is 0 Å². The summed E-state index contributed by atoms with van der Waals surface area (Å²) < 4.78 is 1.73. The molecule has 0 aromatic carbocycles. The Hall–Kier alpha value is -1.36. The fraction of sp³-hybridized carbons (Fsp3) is 0.667. The molecule has 0 saturated carbocycles. The molecule has 5 nitrogen and oxygen atoms in total. The normalized spacial score (nSPS) is 20.2. The quantitative estimate of drug-likeness (QED) is 0.855. The van der Waals surface area contributed by atoms with Crippen molar-refractivity contribution < 1.29 is 9.90 Å². The SMILES string of the molecule is CC(C)n1nccc1C(=O)N1CCCC1CO. The Morgan fingerprint density at radius 2 is 2.41 bits per heavy atom. The highest BCUT2D eigenvalue weighted by Crippen LogP contribution is 2.20. The number of nitrogens with zero attached hydrogens (tertiary/aromatic N) is 3. The molecular weight excluding hydrogens is 218 g/mol. The number of aromatic nitrogens is 2. The summed E-state index contributed by atoms with van der Waals surface area (Å²) in [4.78, 5) is 14.1. The third-order valence-electron chi connectivity index (χ3n) is 3.23. The van der Waals surface area contributed by atoms with Gasteiger partial charge in [0.15, 0.2) is 0 Å². The average molecular weight is 237 g/mol. The zero-order valence-corrected chi connectivity index (χ0v) is 10.3. The lowest BCUT2D eigenvalue weighted by Crippen LogP contribution is -2.38. The van der Waals surface area contributed by atoms with Crippen LogP contribution in [0.15, 0.2) is 12.3 Å². The van der Waals surface area contributed by atoms with Gasteiger partial charge in [-0.15, -0.1) is 0 Å². The molecule has 1 atom stereocenters. The maximum absolute atomic E-state index is 12.4. The highest BCUT2D eigenvalue weighted by molar-refractivity contribution is 5.93.